The lowest BCUT2D eigenvalue weighted by molar-refractivity contribution is 0.0301. The Labute approximate surface area is 152 Å². The van der Waals surface area contributed by atoms with Gasteiger partial charge in [0.25, 0.3) is 5.91 Å². The Hall–Kier alpha value is -2.21. The number of amides is 1. The van der Waals surface area contributed by atoms with Crippen LogP contribution >= 0.6 is 0 Å². The van der Waals surface area contributed by atoms with Gasteiger partial charge in [0.15, 0.2) is 0 Å². The van der Waals surface area contributed by atoms with Crippen LogP contribution in [0.1, 0.15) is 60.3 Å². The monoisotopic (exact) mass is 357 g/mol. The highest BCUT2D eigenvalue weighted by Gasteiger charge is 2.37. The van der Waals surface area contributed by atoms with Gasteiger partial charge in [0.1, 0.15) is 5.82 Å². The van der Waals surface area contributed by atoms with Gasteiger partial charge in [-0.25, -0.2) is 9.07 Å². The first-order valence-corrected chi connectivity index (χ1v) is 9.32. The summed E-state index contributed by atoms with van der Waals surface area (Å²) in [7, 11) is 0. The summed E-state index contributed by atoms with van der Waals surface area (Å²) in [6, 6.07) is 6.30. The number of ether oxygens (including phenoxy) is 1. The summed E-state index contributed by atoms with van der Waals surface area (Å²) >= 11 is 0. The molecule has 1 aliphatic carbocycles. The zero-order valence-electron chi connectivity index (χ0n) is 15.2. The molecule has 1 aromatic carbocycles. The Morgan fingerprint density at radius 3 is 2.42 bits per heavy atom. The fourth-order valence-electron chi connectivity index (χ4n) is 3.55. The van der Waals surface area contributed by atoms with E-state index < -0.39 is 0 Å². The van der Waals surface area contributed by atoms with Crippen LogP contribution in [0.15, 0.2) is 24.3 Å². The summed E-state index contributed by atoms with van der Waals surface area (Å²) in [4.78, 5) is 15.2. The molecule has 0 unspecified atom stereocenters. The average Bonchev–Trinajstić information content (AvgIpc) is 3.42. The third-order valence-corrected chi connectivity index (χ3v) is 5.04. The third-order valence-electron chi connectivity index (χ3n) is 5.04. The SMILES string of the molecule is CC(C)c1c(C(=O)N2CCOCC2)c(C2CC2)nn1-c1ccc(F)cc1. The van der Waals surface area contributed by atoms with Crippen LogP contribution in [0, 0.1) is 5.82 Å². The largest absolute Gasteiger partial charge is 0.378 e. The number of halogens is 1. The summed E-state index contributed by atoms with van der Waals surface area (Å²) in [6.45, 7) is 6.53. The molecular weight excluding hydrogens is 333 g/mol. The number of benzene rings is 1. The Morgan fingerprint density at radius 1 is 1.19 bits per heavy atom. The third kappa shape index (κ3) is 3.14. The summed E-state index contributed by atoms with van der Waals surface area (Å²) in [6.07, 6.45) is 2.14. The van der Waals surface area contributed by atoms with E-state index in [1.165, 1.54) is 12.1 Å². The minimum absolute atomic E-state index is 0.0484. The van der Waals surface area contributed by atoms with Crippen LogP contribution in [-0.4, -0.2) is 46.9 Å². The quantitative estimate of drug-likeness (QED) is 0.842. The fourth-order valence-corrected chi connectivity index (χ4v) is 3.55. The summed E-state index contributed by atoms with van der Waals surface area (Å²) < 4.78 is 20.6. The van der Waals surface area contributed by atoms with Crippen LogP contribution in [0.25, 0.3) is 5.69 Å². The molecule has 6 heteroatoms. The Balaban J connectivity index is 1.83. The van der Waals surface area contributed by atoms with Crippen molar-refractivity contribution in [1.82, 2.24) is 14.7 Å². The van der Waals surface area contributed by atoms with E-state index in [0.29, 0.717) is 32.2 Å². The van der Waals surface area contributed by atoms with Crippen molar-refractivity contribution in [2.75, 3.05) is 26.3 Å². The molecule has 0 bridgehead atoms. The van der Waals surface area contributed by atoms with Gasteiger partial charge in [-0.15, -0.1) is 0 Å². The second kappa shape index (κ2) is 6.83. The molecule has 0 atom stereocenters. The number of morpholine rings is 1. The van der Waals surface area contributed by atoms with Crippen molar-refractivity contribution in [1.29, 1.82) is 0 Å². The zero-order chi connectivity index (χ0) is 18.3. The molecule has 2 fully saturated rings. The molecule has 0 spiro atoms. The Bertz CT molecular complexity index is 803. The van der Waals surface area contributed by atoms with Gasteiger partial charge in [-0.3, -0.25) is 4.79 Å². The van der Waals surface area contributed by atoms with Crippen LogP contribution < -0.4 is 0 Å². The van der Waals surface area contributed by atoms with Crippen LogP contribution in [-0.2, 0) is 4.74 Å². The topological polar surface area (TPSA) is 47.4 Å². The molecule has 2 aromatic rings. The van der Waals surface area contributed by atoms with Crippen molar-refractivity contribution in [2.24, 2.45) is 0 Å². The maximum atomic E-state index is 13.4. The van der Waals surface area contributed by atoms with Crippen molar-refractivity contribution in [3.63, 3.8) is 0 Å². The molecule has 2 heterocycles. The number of aromatic nitrogens is 2. The number of hydrogen-bond acceptors (Lipinski definition) is 3. The molecule has 4 rings (SSSR count). The van der Waals surface area contributed by atoms with Crippen molar-refractivity contribution in [3.05, 3.63) is 47.0 Å². The first kappa shape index (κ1) is 17.2. The van der Waals surface area contributed by atoms with Gasteiger partial charge >= 0.3 is 0 Å². The lowest BCUT2D eigenvalue weighted by atomic mass is 10.00. The van der Waals surface area contributed by atoms with Crippen LogP contribution in [0.5, 0.6) is 0 Å². The van der Waals surface area contributed by atoms with Gasteiger partial charge < -0.3 is 9.64 Å². The highest BCUT2D eigenvalue weighted by atomic mass is 19.1. The number of carbonyl (C=O) groups excluding carboxylic acids is 1. The first-order valence-electron chi connectivity index (χ1n) is 9.32. The smallest absolute Gasteiger partial charge is 0.257 e. The normalized spacial score (nSPS) is 17.8. The predicted octanol–water partition coefficient (Wildman–Crippen LogP) is 3.48. The number of nitrogens with zero attached hydrogens (tertiary/aromatic N) is 3. The van der Waals surface area contributed by atoms with Crippen LogP contribution in [0.2, 0.25) is 0 Å². The van der Waals surface area contributed by atoms with Crippen molar-refractivity contribution in [3.8, 4) is 5.69 Å². The molecule has 0 N–H and O–H groups in total. The molecule has 26 heavy (non-hydrogen) atoms. The zero-order valence-corrected chi connectivity index (χ0v) is 15.2. The molecular formula is C20H24FN3O2. The predicted molar refractivity (Wildman–Crippen MR) is 96.3 cm³/mol. The molecule has 5 nitrogen and oxygen atoms in total. The van der Waals surface area contributed by atoms with Crippen molar-refractivity contribution >= 4 is 5.91 Å². The van der Waals surface area contributed by atoms with E-state index in [2.05, 4.69) is 13.8 Å². The maximum Gasteiger partial charge on any atom is 0.257 e. The average molecular weight is 357 g/mol. The molecule has 1 amide bonds. The van der Waals surface area contributed by atoms with Gasteiger partial charge in [0, 0.05) is 19.0 Å². The van der Waals surface area contributed by atoms with E-state index in [1.54, 1.807) is 12.1 Å². The minimum Gasteiger partial charge on any atom is -0.378 e. The standard InChI is InChI=1S/C20H24FN3O2/c1-13(2)19-17(20(25)23-9-11-26-12-10-23)18(14-3-4-14)22-24(19)16-7-5-15(21)6-8-16/h5-8,13-14H,3-4,9-12H2,1-2H3. The lowest BCUT2D eigenvalue weighted by Crippen LogP contribution is -2.41. The number of hydrogen-bond donors (Lipinski definition) is 0. The number of carbonyl (C=O) groups is 1. The molecule has 1 aromatic heterocycles. The van der Waals surface area contributed by atoms with E-state index in [9.17, 15) is 9.18 Å². The van der Waals surface area contributed by atoms with Crippen LogP contribution in [0.4, 0.5) is 4.39 Å². The van der Waals surface area contributed by atoms with E-state index >= 15 is 0 Å². The van der Waals surface area contributed by atoms with E-state index in [0.717, 1.165) is 35.5 Å². The first-order chi connectivity index (χ1) is 12.6. The molecule has 1 saturated heterocycles. The van der Waals surface area contributed by atoms with E-state index in [-0.39, 0.29) is 17.6 Å². The molecule has 1 aliphatic heterocycles. The minimum atomic E-state index is -0.279. The van der Waals surface area contributed by atoms with Gasteiger partial charge in [-0.2, -0.15) is 5.10 Å². The Morgan fingerprint density at radius 2 is 1.85 bits per heavy atom. The summed E-state index contributed by atoms with van der Waals surface area (Å²) in [5, 5.41) is 4.82. The summed E-state index contributed by atoms with van der Waals surface area (Å²) in [5.41, 5.74) is 3.34. The van der Waals surface area contributed by atoms with Crippen LogP contribution in [0.3, 0.4) is 0 Å². The maximum absolute atomic E-state index is 13.4. The molecule has 138 valence electrons. The summed E-state index contributed by atoms with van der Waals surface area (Å²) in [5.74, 6) is 0.250. The molecule has 1 saturated carbocycles. The molecule has 0 radical (unpaired) electrons. The van der Waals surface area contributed by atoms with Gasteiger partial charge in [0.2, 0.25) is 0 Å². The lowest BCUT2D eigenvalue weighted by Gasteiger charge is -2.27. The van der Waals surface area contributed by atoms with Gasteiger partial charge in [-0.05, 0) is 43.0 Å². The Kier molecular flexibility index (Phi) is 4.53. The fraction of sp³-hybridized carbons (Fsp3) is 0.500. The van der Waals surface area contributed by atoms with Gasteiger partial charge in [0.05, 0.1) is 35.9 Å². The van der Waals surface area contributed by atoms with E-state index in [4.69, 9.17) is 9.84 Å². The van der Waals surface area contributed by atoms with Gasteiger partial charge in [-0.1, -0.05) is 13.8 Å². The highest BCUT2D eigenvalue weighted by molar-refractivity contribution is 5.97. The molecule has 2 aliphatic rings. The second-order valence-corrected chi connectivity index (χ2v) is 7.37. The highest BCUT2D eigenvalue weighted by Crippen LogP contribution is 2.43. The second-order valence-electron chi connectivity index (χ2n) is 7.37. The number of rotatable bonds is 4. The van der Waals surface area contributed by atoms with Crippen molar-refractivity contribution < 1.29 is 13.9 Å². The van der Waals surface area contributed by atoms with Crippen molar-refractivity contribution in [2.45, 2.75) is 38.5 Å². The van der Waals surface area contributed by atoms with E-state index in [1.807, 2.05) is 9.58 Å².